The number of fused-ring (bicyclic) bond motifs is 2. The molecule has 3 saturated heterocycles. The second kappa shape index (κ2) is 10.9. The van der Waals surface area contributed by atoms with E-state index in [9.17, 15) is 14.0 Å². The van der Waals surface area contributed by atoms with Gasteiger partial charge in [-0.15, -0.1) is 0 Å². The first-order valence-electron chi connectivity index (χ1n) is 14.6. The van der Waals surface area contributed by atoms with Crippen LogP contribution >= 0.6 is 0 Å². The molecule has 4 aliphatic heterocycles. The van der Waals surface area contributed by atoms with Gasteiger partial charge in [-0.3, -0.25) is 14.5 Å². The maximum absolute atomic E-state index is 16.3. The zero-order valence-corrected chi connectivity index (χ0v) is 24.0. The normalized spacial score (nSPS) is 24.6. The second-order valence-corrected chi connectivity index (χ2v) is 12.2. The minimum atomic E-state index is -0.898. The van der Waals surface area contributed by atoms with Gasteiger partial charge < -0.3 is 19.4 Å². The van der Waals surface area contributed by atoms with Crippen molar-refractivity contribution < 1.29 is 27.5 Å². The first-order valence-corrected chi connectivity index (χ1v) is 14.6. The molecule has 0 aliphatic carbocycles. The average molecular weight is 584 g/mol. The summed E-state index contributed by atoms with van der Waals surface area (Å²) in [5, 5.41) is 0. The highest BCUT2D eigenvalue weighted by atomic mass is 19.1. The molecule has 11 heteroatoms. The molecule has 5 heterocycles. The summed E-state index contributed by atoms with van der Waals surface area (Å²) >= 11 is 0. The Balaban J connectivity index is 1.45. The molecule has 224 valence electrons. The van der Waals surface area contributed by atoms with E-state index in [-0.39, 0.29) is 60.0 Å². The van der Waals surface area contributed by atoms with E-state index >= 15 is 8.78 Å². The van der Waals surface area contributed by atoms with Gasteiger partial charge >= 0.3 is 0 Å². The van der Waals surface area contributed by atoms with Gasteiger partial charge in [-0.1, -0.05) is 18.7 Å². The third-order valence-electron chi connectivity index (χ3n) is 9.16. The number of alkyl halides is 1. The number of piperazine rings is 1. The minimum Gasteiger partial charge on any atom is -0.487 e. The smallest absolute Gasteiger partial charge is 0.262 e. The van der Waals surface area contributed by atoms with E-state index in [4.69, 9.17) is 9.72 Å². The molecule has 2 amide bonds. The molecule has 0 saturated carbocycles. The van der Waals surface area contributed by atoms with Gasteiger partial charge in [0.15, 0.2) is 11.6 Å². The van der Waals surface area contributed by atoms with Gasteiger partial charge in [-0.2, -0.15) is 0 Å². The van der Waals surface area contributed by atoms with E-state index in [0.29, 0.717) is 39.0 Å². The van der Waals surface area contributed by atoms with E-state index < -0.39 is 35.3 Å². The lowest BCUT2D eigenvalue weighted by Gasteiger charge is -2.40. The van der Waals surface area contributed by atoms with Crippen molar-refractivity contribution in [3.8, 4) is 17.0 Å². The van der Waals surface area contributed by atoms with E-state index in [1.54, 1.807) is 15.9 Å². The Morgan fingerprint density at radius 2 is 1.83 bits per heavy atom. The molecule has 2 atom stereocenters. The van der Waals surface area contributed by atoms with Crippen molar-refractivity contribution in [1.29, 1.82) is 0 Å². The van der Waals surface area contributed by atoms with Crippen molar-refractivity contribution in [2.45, 2.75) is 56.9 Å². The van der Waals surface area contributed by atoms with Gasteiger partial charge in [0.2, 0.25) is 5.91 Å². The number of pyridine rings is 1. The van der Waals surface area contributed by atoms with E-state index in [2.05, 4.69) is 11.5 Å². The van der Waals surface area contributed by atoms with E-state index in [1.165, 1.54) is 24.3 Å². The van der Waals surface area contributed by atoms with Gasteiger partial charge in [0.25, 0.3) is 5.91 Å². The monoisotopic (exact) mass is 583 g/mol. The molecule has 4 aliphatic rings. The largest absolute Gasteiger partial charge is 0.487 e. The number of rotatable bonds is 4. The number of aromatic nitrogens is 1. The van der Waals surface area contributed by atoms with Gasteiger partial charge in [0.1, 0.15) is 35.7 Å². The number of nitrogens with zero attached hydrogens (tertiary/aromatic N) is 5. The molecule has 0 radical (unpaired) electrons. The summed E-state index contributed by atoms with van der Waals surface area (Å²) < 4.78 is 51.3. The van der Waals surface area contributed by atoms with Crippen molar-refractivity contribution in [1.82, 2.24) is 19.7 Å². The van der Waals surface area contributed by atoms with E-state index in [1.807, 2.05) is 18.7 Å². The fourth-order valence-electron chi connectivity index (χ4n) is 6.86. The summed E-state index contributed by atoms with van der Waals surface area (Å²) in [6, 6.07) is 5.39. The molecule has 0 bridgehead atoms. The number of benzene rings is 1. The van der Waals surface area contributed by atoms with Crippen LogP contribution in [0.1, 0.15) is 43.5 Å². The fraction of sp³-hybridized carbons (Fsp3) is 0.516. The number of hydrogen-bond donors (Lipinski definition) is 0. The number of carbonyl (C=O) groups excluding carboxylic acids is 2. The number of piperidine rings is 1. The van der Waals surface area contributed by atoms with Crippen LogP contribution in [-0.2, 0) is 4.79 Å². The number of carbonyl (C=O) groups is 2. The van der Waals surface area contributed by atoms with E-state index in [0.717, 1.165) is 6.42 Å². The van der Waals surface area contributed by atoms with Crippen LogP contribution in [0.15, 0.2) is 36.9 Å². The summed E-state index contributed by atoms with van der Waals surface area (Å²) in [7, 11) is 0. The SMILES string of the molecule is C=CC(=O)N1CCN2C(=O)c3c(N4CC(N5CCC(F)CC5)CC4(C)C)nc(-c4ccccc4F)c(F)c3OCC2C1. The molecule has 1 aromatic heterocycles. The summed E-state index contributed by atoms with van der Waals surface area (Å²) in [5.74, 6) is -2.23. The number of anilines is 1. The quantitative estimate of drug-likeness (QED) is 0.506. The van der Waals surface area contributed by atoms with Gasteiger partial charge in [-0.05, 0) is 51.3 Å². The van der Waals surface area contributed by atoms with Gasteiger partial charge in [0.05, 0.1) is 6.04 Å². The minimum absolute atomic E-state index is 0.00905. The molecule has 0 N–H and O–H groups in total. The second-order valence-electron chi connectivity index (χ2n) is 12.2. The molecule has 42 heavy (non-hydrogen) atoms. The zero-order valence-electron chi connectivity index (χ0n) is 24.0. The van der Waals surface area contributed by atoms with Crippen LogP contribution in [0.3, 0.4) is 0 Å². The van der Waals surface area contributed by atoms with Crippen LogP contribution in [0.4, 0.5) is 19.0 Å². The Bertz CT molecular complexity index is 1410. The molecular weight excluding hydrogens is 547 g/mol. The van der Waals surface area contributed by atoms with Crippen LogP contribution in [0.5, 0.6) is 5.75 Å². The number of halogens is 3. The highest BCUT2D eigenvalue weighted by Crippen LogP contribution is 2.44. The molecule has 8 nitrogen and oxygen atoms in total. The topological polar surface area (TPSA) is 69.2 Å². The Morgan fingerprint density at radius 1 is 1.10 bits per heavy atom. The first kappa shape index (κ1) is 28.5. The Morgan fingerprint density at radius 3 is 2.55 bits per heavy atom. The lowest BCUT2D eigenvalue weighted by atomic mass is 9.97. The highest BCUT2D eigenvalue weighted by Gasteiger charge is 2.47. The predicted molar refractivity (Wildman–Crippen MR) is 152 cm³/mol. The Labute approximate surface area is 243 Å². The summed E-state index contributed by atoms with van der Waals surface area (Å²) in [4.78, 5) is 38.8. The maximum Gasteiger partial charge on any atom is 0.262 e. The third-order valence-corrected chi connectivity index (χ3v) is 9.16. The maximum atomic E-state index is 16.3. The number of likely N-dealkylation sites (tertiary alicyclic amines) is 1. The Hall–Kier alpha value is -3.60. The van der Waals surface area contributed by atoms with Crippen LogP contribution in [0.25, 0.3) is 11.3 Å². The summed E-state index contributed by atoms with van der Waals surface area (Å²) in [6.07, 6.45) is 2.12. The van der Waals surface area contributed by atoms with Crippen molar-refractivity contribution in [2.24, 2.45) is 0 Å². The van der Waals surface area contributed by atoms with Crippen molar-refractivity contribution in [3.63, 3.8) is 0 Å². The molecule has 3 fully saturated rings. The zero-order chi connectivity index (χ0) is 29.8. The first-order chi connectivity index (χ1) is 20.1. The van der Waals surface area contributed by atoms with Crippen molar-refractivity contribution in [3.05, 3.63) is 54.1 Å². The molecule has 2 unspecified atom stereocenters. The standard InChI is InChI=1S/C31H36F3N5O3/c1-4-24(40)37-13-14-38-21(16-37)18-42-28-25(30(38)41)29(35-27(26(28)34)22-7-5-6-8-23(22)33)39-17-20(15-31(39,2)3)36-11-9-19(32)10-12-36/h4-8,19-21H,1,9-18H2,2-3H3. The molecule has 0 spiro atoms. The number of ether oxygens (including phenoxy) is 1. The predicted octanol–water partition coefficient (Wildman–Crippen LogP) is 4.05. The third kappa shape index (κ3) is 4.91. The lowest BCUT2D eigenvalue weighted by molar-refractivity contribution is -0.128. The van der Waals surface area contributed by atoms with Gasteiger partial charge in [0, 0.05) is 56.4 Å². The molecular formula is C31H36F3N5O3. The van der Waals surface area contributed by atoms with Crippen LogP contribution in [-0.4, -0.2) is 101 Å². The summed E-state index contributed by atoms with van der Waals surface area (Å²) in [5.41, 5.74) is -0.743. The number of hydrogen-bond acceptors (Lipinski definition) is 6. The lowest BCUT2D eigenvalue weighted by Crippen LogP contribution is -2.57. The van der Waals surface area contributed by atoms with Crippen LogP contribution in [0.2, 0.25) is 0 Å². The average Bonchev–Trinajstić information content (AvgIpc) is 3.22. The number of amides is 2. The fourth-order valence-corrected chi connectivity index (χ4v) is 6.86. The summed E-state index contributed by atoms with van der Waals surface area (Å²) in [6.45, 7) is 10.1. The molecule has 6 rings (SSSR count). The van der Waals surface area contributed by atoms with Crippen molar-refractivity contribution >= 4 is 17.6 Å². The highest BCUT2D eigenvalue weighted by molar-refractivity contribution is 6.03. The van der Waals surface area contributed by atoms with Crippen molar-refractivity contribution in [2.75, 3.05) is 50.8 Å². The van der Waals surface area contributed by atoms with Crippen LogP contribution in [0, 0.1) is 11.6 Å². The Kier molecular flexibility index (Phi) is 7.41. The van der Waals surface area contributed by atoms with Gasteiger partial charge in [-0.25, -0.2) is 18.2 Å². The van der Waals surface area contributed by atoms with Crippen LogP contribution < -0.4 is 9.64 Å². The molecule has 1 aromatic carbocycles. The molecule has 2 aromatic rings.